The van der Waals surface area contributed by atoms with Gasteiger partial charge in [0.15, 0.2) is 9.84 Å². The van der Waals surface area contributed by atoms with Gasteiger partial charge in [0.2, 0.25) is 0 Å². The van der Waals surface area contributed by atoms with Gasteiger partial charge >= 0.3 is 0 Å². The minimum atomic E-state index is -3.45. The molecular formula is C24H22N2O4S. The van der Waals surface area contributed by atoms with Crippen molar-refractivity contribution in [1.29, 1.82) is 0 Å². The van der Waals surface area contributed by atoms with Crippen LogP contribution in [-0.2, 0) is 15.6 Å². The number of benzene rings is 3. The zero-order valence-corrected chi connectivity index (χ0v) is 17.6. The lowest BCUT2D eigenvalue weighted by molar-refractivity contribution is 0.0949. The molecular weight excluding hydrogens is 412 g/mol. The van der Waals surface area contributed by atoms with Crippen molar-refractivity contribution in [2.24, 2.45) is 0 Å². The molecule has 0 radical (unpaired) electrons. The van der Waals surface area contributed by atoms with Crippen molar-refractivity contribution >= 4 is 27.3 Å². The normalized spacial score (nSPS) is 13.4. The van der Waals surface area contributed by atoms with E-state index in [1.165, 1.54) is 0 Å². The van der Waals surface area contributed by atoms with Crippen LogP contribution in [0.3, 0.4) is 0 Å². The summed E-state index contributed by atoms with van der Waals surface area (Å²) in [4.78, 5) is 25.0. The number of hydrogen-bond donors (Lipinski definition) is 2. The van der Waals surface area contributed by atoms with Gasteiger partial charge in [0, 0.05) is 22.9 Å². The maximum Gasteiger partial charge on any atom is 0.255 e. The van der Waals surface area contributed by atoms with E-state index in [1.807, 2.05) is 0 Å². The van der Waals surface area contributed by atoms with Crippen molar-refractivity contribution in [3.05, 3.63) is 95.6 Å². The van der Waals surface area contributed by atoms with Crippen LogP contribution in [0.25, 0.3) is 0 Å². The number of anilines is 1. The molecule has 158 valence electrons. The number of nitrogens with one attached hydrogen (secondary N) is 2. The zero-order chi connectivity index (χ0) is 21.8. The van der Waals surface area contributed by atoms with E-state index in [4.69, 9.17) is 0 Å². The second-order valence-corrected chi connectivity index (χ2v) is 9.54. The molecule has 3 aromatic rings. The predicted molar refractivity (Wildman–Crippen MR) is 119 cm³/mol. The lowest BCUT2D eigenvalue weighted by Crippen LogP contribution is -2.25. The highest BCUT2D eigenvalue weighted by Crippen LogP contribution is 2.20. The van der Waals surface area contributed by atoms with Crippen LogP contribution in [0, 0.1) is 0 Å². The van der Waals surface area contributed by atoms with Crippen LogP contribution >= 0.6 is 0 Å². The third-order valence-corrected chi connectivity index (χ3v) is 6.67. The molecule has 7 heteroatoms. The molecule has 0 spiro atoms. The summed E-state index contributed by atoms with van der Waals surface area (Å²) in [6.45, 7) is 0. The van der Waals surface area contributed by atoms with Crippen LogP contribution in [-0.4, -0.2) is 26.3 Å². The molecule has 0 aliphatic heterocycles. The van der Waals surface area contributed by atoms with Crippen LogP contribution < -0.4 is 10.6 Å². The number of amides is 2. The van der Waals surface area contributed by atoms with Crippen LogP contribution in [0.4, 0.5) is 5.69 Å². The molecule has 1 fully saturated rings. The fraction of sp³-hybridized carbons (Fsp3) is 0.167. The summed E-state index contributed by atoms with van der Waals surface area (Å²) in [5.41, 5.74) is 2.00. The van der Waals surface area contributed by atoms with Crippen molar-refractivity contribution in [2.75, 3.05) is 5.32 Å². The molecule has 1 aliphatic rings. The summed E-state index contributed by atoms with van der Waals surface area (Å²) in [5.74, 6) is -0.628. The van der Waals surface area contributed by atoms with Gasteiger partial charge in [-0.15, -0.1) is 0 Å². The van der Waals surface area contributed by atoms with Gasteiger partial charge in [-0.25, -0.2) is 8.42 Å². The van der Waals surface area contributed by atoms with Gasteiger partial charge in [0.25, 0.3) is 11.8 Å². The third kappa shape index (κ3) is 5.38. The fourth-order valence-corrected chi connectivity index (χ4v) is 4.49. The van der Waals surface area contributed by atoms with E-state index in [2.05, 4.69) is 10.6 Å². The predicted octanol–water partition coefficient (Wildman–Crippen LogP) is 3.81. The van der Waals surface area contributed by atoms with Crippen molar-refractivity contribution in [3.8, 4) is 0 Å². The molecule has 1 aliphatic carbocycles. The Hall–Kier alpha value is -3.45. The van der Waals surface area contributed by atoms with Crippen LogP contribution in [0.15, 0.2) is 83.8 Å². The minimum absolute atomic E-state index is 0.142. The first-order valence-electron chi connectivity index (χ1n) is 10.00. The molecule has 2 N–H and O–H groups in total. The average Bonchev–Trinajstić information content (AvgIpc) is 3.59. The van der Waals surface area contributed by atoms with E-state index in [0.717, 1.165) is 12.8 Å². The van der Waals surface area contributed by atoms with E-state index < -0.39 is 9.84 Å². The van der Waals surface area contributed by atoms with Gasteiger partial charge in [-0.1, -0.05) is 36.4 Å². The Morgan fingerprint density at radius 3 is 2.19 bits per heavy atom. The van der Waals surface area contributed by atoms with E-state index in [9.17, 15) is 18.0 Å². The molecule has 0 atom stereocenters. The highest BCUT2D eigenvalue weighted by atomic mass is 32.2. The SMILES string of the molecule is O=C(Nc1cccc(C(=O)NC2CC2)c1)c1ccc(CS(=O)(=O)c2ccccc2)cc1. The second kappa shape index (κ2) is 8.73. The first-order chi connectivity index (χ1) is 14.9. The molecule has 3 aromatic carbocycles. The second-order valence-electron chi connectivity index (χ2n) is 7.55. The summed E-state index contributed by atoms with van der Waals surface area (Å²) in [7, 11) is -3.45. The van der Waals surface area contributed by atoms with Gasteiger partial charge in [-0.05, 0) is 60.9 Å². The van der Waals surface area contributed by atoms with E-state index >= 15 is 0 Å². The van der Waals surface area contributed by atoms with Gasteiger partial charge < -0.3 is 10.6 Å². The van der Waals surface area contributed by atoms with Gasteiger partial charge in [-0.2, -0.15) is 0 Å². The third-order valence-electron chi connectivity index (χ3n) is 4.97. The Balaban J connectivity index is 1.41. The maximum atomic E-state index is 12.6. The standard InChI is InChI=1S/C24H22N2O4S/c27-23(26-21-6-4-5-19(15-21)24(28)25-20-13-14-20)18-11-9-17(10-12-18)16-31(29,30)22-7-2-1-3-8-22/h1-12,15,20H,13-14,16H2,(H,25,28)(H,26,27). The molecule has 6 nitrogen and oxygen atoms in total. The summed E-state index contributed by atoms with van der Waals surface area (Å²) in [5, 5.41) is 5.70. The molecule has 0 heterocycles. The Morgan fingerprint density at radius 2 is 1.52 bits per heavy atom. The summed E-state index contributed by atoms with van der Waals surface area (Å²) >= 11 is 0. The van der Waals surface area contributed by atoms with Crippen LogP contribution in [0.1, 0.15) is 39.1 Å². The molecule has 0 aromatic heterocycles. The summed E-state index contributed by atoms with van der Waals surface area (Å²) in [6, 6.07) is 21.7. The van der Waals surface area contributed by atoms with Gasteiger partial charge in [0.1, 0.15) is 0 Å². The van der Waals surface area contributed by atoms with E-state index in [1.54, 1.807) is 78.9 Å². The number of carbonyl (C=O) groups is 2. The molecule has 0 unspecified atom stereocenters. The first kappa shape index (κ1) is 20.8. The maximum absolute atomic E-state index is 12.6. The van der Waals surface area contributed by atoms with Gasteiger partial charge in [0.05, 0.1) is 10.6 Å². The Bertz CT molecular complexity index is 1200. The Morgan fingerprint density at radius 1 is 0.806 bits per heavy atom. The highest BCUT2D eigenvalue weighted by Gasteiger charge is 2.24. The molecule has 31 heavy (non-hydrogen) atoms. The molecule has 2 amide bonds. The molecule has 4 rings (SSSR count). The minimum Gasteiger partial charge on any atom is -0.349 e. The monoisotopic (exact) mass is 434 g/mol. The molecule has 0 bridgehead atoms. The molecule has 1 saturated carbocycles. The number of rotatable bonds is 7. The zero-order valence-electron chi connectivity index (χ0n) is 16.7. The Kier molecular flexibility index (Phi) is 5.86. The van der Waals surface area contributed by atoms with Crippen molar-refractivity contribution in [1.82, 2.24) is 5.32 Å². The largest absolute Gasteiger partial charge is 0.349 e. The van der Waals surface area contributed by atoms with Crippen molar-refractivity contribution in [3.63, 3.8) is 0 Å². The van der Waals surface area contributed by atoms with Crippen LogP contribution in [0.5, 0.6) is 0 Å². The fourth-order valence-electron chi connectivity index (χ4n) is 3.12. The quantitative estimate of drug-likeness (QED) is 0.592. The number of hydrogen-bond acceptors (Lipinski definition) is 4. The highest BCUT2D eigenvalue weighted by molar-refractivity contribution is 7.90. The lowest BCUT2D eigenvalue weighted by atomic mass is 10.1. The van der Waals surface area contributed by atoms with E-state index in [0.29, 0.717) is 22.4 Å². The summed E-state index contributed by atoms with van der Waals surface area (Å²) < 4.78 is 25.0. The van der Waals surface area contributed by atoms with Crippen LogP contribution in [0.2, 0.25) is 0 Å². The topological polar surface area (TPSA) is 92.3 Å². The van der Waals surface area contributed by atoms with Gasteiger partial charge in [-0.3, -0.25) is 9.59 Å². The number of sulfone groups is 1. The first-order valence-corrected chi connectivity index (χ1v) is 11.6. The van der Waals surface area contributed by atoms with Crippen molar-refractivity contribution < 1.29 is 18.0 Å². The lowest BCUT2D eigenvalue weighted by Gasteiger charge is -2.09. The summed E-state index contributed by atoms with van der Waals surface area (Å²) in [6.07, 6.45) is 2.01. The number of carbonyl (C=O) groups excluding carboxylic acids is 2. The average molecular weight is 435 g/mol. The van der Waals surface area contributed by atoms with Crippen molar-refractivity contribution in [2.45, 2.75) is 29.5 Å². The smallest absolute Gasteiger partial charge is 0.255 e. The van der Waals surface area contributed by atoms with E-state index in [-0.39, 0.29) is 28.5 Å². The molecule has 0 saturated heterocycles. The Labute approximate surface area is 181 Å².